The highest BCUT2D eigenvalue weighted by Crippen LogP contribution is 2.15. The minimum Gasteiger partial charge on any atom is -0.466 e. The van der Waals surface area contributed by atoms with Crippen molar-refractivity contribution >= 4 is 17.6 Å². The third kappa shape index (κ3) is 5.03. The maximum absolute atomic E-state index is 13.8. The summed E-state index contributed by atoms with van der Waals surface area (Å²) in [5, 5.41) is 2.60. The molecule has 1 aliphatic heterocycles. The zero-order valence-electron chi connectivity index (χ0n) is 13.7. The maximum atomic E-state index is 13.8. The molecule has 1 fully saturated rings. The van der Waals surface area contributed by atoms with Crippen LogP contribution in [0.2, 0.25) is 0 Å². The van der Waals surface area contributed by atoms with Crippen molar-refractivity contribution in [1.82, 2.24) is 0 Å². The van der Waals surface area contributed by atoms with Crippen molar-refractivity contribution in [2.24, 2.45) is 5.92 Å². The maximum Gasteiger partial charge on any atom is 0.314 e. The monoisotopic (exact) mass is 323 g/mol. The van der Waals surface area contributed by atoms with Gasteiger partial charge in [-0.3, -0.25) is 9.59 Å². The summed E-state index contributed by atoms with van der Waals surface area (Å²) in [7, 11) is 0. The molecule has 1 aromatic rings. The van der Waals surface area contributed by atoms with Crippen LogP contribution in [0.5, 0.6) is 0 Å². The molecule has 2 N–H and O–H groups in total. The molecule has 0 aromatic heterocycles. The summed E-state index contributed by atoms with van der Waals surface area (Å²) in [6, 6.07) is 4.71. The Hall–Kier alpha value is -1.95. The number of likely N-dealkylation sites (tertiary alicyclic amines) is 1. The number of quaternary nitrogens is 1. The Morgan fingerprint density at radius 3 is 2.91 bits per heavy atom. The second kappa shape index (κ2) is 8.06. The van der Waals surface area contributed by atoms with E-state index in [1.165, 1.54) is 6.07 Å². The van der Waals surface area contributed by atoms with Gasteiger partial charge in [0.15, 0.2) is 6.54 Å². The van der Waals surface area contributed by atoms with Gasteiger partial charge in [0.1, 0.15) is 11.7 Å². The molecule has 0 saturated carbocycles. The summed E-state index contributed by atoms with van der Waals surface area (Å²) in [5.74, 6) is -1.01. The minimum atomic E-state index is -0.434. The lowest BCUT2D eigenvalue weighted by Crippen LogP contribution is -3.14. The van der Waals surface area contributed by atoms with E-state index >= 15 is 0 Å². The molecule has 0 bridgehead atoms. The largest absolute Gasteiger partial charge is 0.466 e. The average molecular weight is 323 g/mol. The number of hydrogen-bond donors (Lipinski definition) is 2. The Morgan fingerprint density at radius 2 is 2.22 bits per heavy atom. The number of nitrogens with one attached hydrogen (secondary N) is 2. The summed E-state index contributed by atoms with van der Waals surface area (Å²) in [6.07, 6.45) is 1.68. The smallest absolute Gasteiger partial charge is 0.314 e. The highest BCUT2D eigenvalue weighted by atomic mass is 19.1. The van der Waals surface area contributed by atoms with Gasteiger partial charge in [-0.05, 0) is 44.4 Å². The van der Waals surface area contributed by atoms with E-state index in [0.717, 1.165) is 29.8 Å². The van der Waals surface area contributed by atoms with Gasteiger partial charge in [0.25, 0.3) is 5.91 Å². The van der Waals surface area contributed by atoms with Crippen molar-refractivity contribution in [3.8, 4) is 0 Å². The number of aryl methyl sites for hydroxylation is 1. The highest BCUT2D eigenvalue weighted by Gasteiger charge is 2.30. The number of esters is 1. The van der Waals surface area contributed by atoms with E-state index in [-0.39, 0.29) is 30.0 Å². The third-order valence-electron chi connectivity index (χ3n) is 4.05. The van der Waals surface area contributed by atoms with Gasteiger partial charge in [0.2, 0.25) is 0 Å². The molecule has 1 aliphatic rings. The average Bonchev–Trinajstić information content (AvgIpc) is 2.50. The second-order valence-electron chi connectivity index (χ2n) is 6.00. The van der Waals surface area contributed by atoms with Crippen molar-refractivity contribution in [1.29, 1.82) is 0 Å². The molecule has 23 heavy (non-hydrogen) atoms. The fourth-order valence-electron chi connectivity index (χ4n) is 2.92. The van der Waals surface area contributed by atoms with Crippen molar-refractivity contribution < 1.29 is 23.6 Å². The molecular formula is C17H24FN2O3+. The van der Waals surface area contributed by atoms with Crippen molar-refractivity contribution in [3.63, 3.8) is 0 Å². The fraction of sp³-hybridized carbons (Fsp3) is 0.529. The van der Waals surface area contributed by atoms with Gasteiger partial charge < -0.3 is 15.0 Å². The molecule has 2 rings (SSSR count). The molecule has 1 aromatic carbocycles. The zero-order valence-corrected chi connectivity index (χ0v) is 13.7. The topological polar surface area (TPSA) is 59.8 Å². The molecule has 1 saturated heterocycles. The Balaban J connectivity index is 1.88. The number of piperidine rings is 1. The van der Waals surface area contributed by atoms with Crippen LogP contribution in [-0.2, 0) is 14.3 Å². The van der Waals surface area contributed by atoms with Crippen LogP contribution in [0, 0.1) is 18.7 Å². The van der Waals surface area contributed by atoms with Gasteiger partial charge in [-0.1, -0.05) is 6.07 Å². The molecule has 126 valence electrons. The van der Waals surface area contributed by atoms with E-state index in [4.69, 9.17) is 4.74 Å². The van der Waals surface area contributed by atoms with E-state index < -0.39 is 5.82 Å². The predicted molar refractivity (Wildman–Crippen MR) is 84.7 cm³/mol. The summed E-state index contributed by atoms with van der Waals surface area (Å²) < 4.78 is 18.8. The number of amides is 1. The predicted octanol–water partition coefficient (Wildman–Crippen LogP) is 0.931. The van der Waals surface area contributed by atoms with Crippen LogP contribution in [0.1, 0.15) is 25.3 Å². The van der Waals surface area contributed by atoms with E-state index in [1.54, 1.807) is 26.0 Å². The van der Waals surface area contributed by atoms with E-state index in [2.05, 4.69) is 5.32 Å². The number of halogens is 1. The molecular weight excluding hydrogens is 299 g/mol. The molecule has 6 heteroatoms. The lowest BCUT2D eigenvalue weighted by atomic mass is 9.98. The number of carbonyl (C=O) groups is 2. The van der Waals surface area contributed by atoms with Crippen LogP contribution in [0.25, 0.3) is 0 Å². The Labute approximate surface area is 135 Å². The van der Waals surface area contributed by atoms with Crippen LogP contribution < -0.4 is 10.2 Å². The number of benzene rings is 1. The number of hydrogen-bond acceptors (Lipinski definition) is 3. The molecule has 2 atom stereocenters. The second-order valence-corrected chi connectivity index (χ2v) is 6.00. The van der Waals surface area contributed by atoms with Crippen LogP contribution in [-0.4, -0.2) is 38.1 Å². The first-order chi connectivity index (χ1) is 11.0. The van der Waals surface area contributed by atoms with Crippen LogP contribution in [0.4, 0.5) is 10.1 Å². The number of anilines is 1. The van der Waals surface area contributed by atoms with E-state index in [9.17, 15) is 14.0 Å². The minimum absolute atomic E-state index is 0.150. The van der Waals surface area contributed by atoms with E-state index in [0.29, 0.717) is 13.2 Å². The summed E-state index contributed by atoms with van der Waals surface area (Å²) in [6.45, 7) is 5.60. The molecule has 0 radical (unpaired) electrons. The molecule has 1 unspecified atom stereocenters. The van der Waals surface area contributed by atoms with Gasteiger partial charge in [-0.25, -0.2) is 4.39 Å². The first-order valence-corrected chi connectivity index (χ1v) is 8.05. The van der Waals surface area contributed by atoms with Crippen molar-refractivity contribution in [2.45, 2.75) is 26.7 Å². The lowest BCUT2D eigenvalue weighted by Gasteiger charge is -2.28. The van der Waals surface area contributed by atoms with E-state index in [1.807, 2.05) is 0 Å². The number of rotatable bonds is 5. The van der Waals surface area contributed by atoms with Gasteiger partial charge >= 0.3 is 5.97 Å². The quantitative estimate of drug-likeness (QED) is 0.793. The zero-order chi connectivity index (χ0) is 16.8. The third-order valence-corrected chi connectivity index (χ3v) is 4.05. The molecule has 5 nitrogen and oxygen atoms in total. The SMILES string of the molecule is CCOC(=O)[C@@H]1CCC[NH+](CC(=O)Nc2ccc(C)cc2F)C1. The van der Waals surface area contributed by atoms with Gasteiger partial charge in [-0.15, -0.1) is 0 Å². The van der Waals surface area contributed by atoms with Crippen LogP contribution in [0.3, 0.4) is 0 Å². The Morgan fingerprint density at radius 1 is 1.43 bits per heavy atom. The summed E-state index contributed by atoms with van der Waals surface area (Å²) in [5.41, 5.74) is 0.999. The Bertz CT molecular complexity index is 577. The van der Waals surface area contributed by atoms with Crippen molar-refractivity contribution in [3.05, 3.63) is 29.6 Å². The highest BCUT2D eigenvalue weighted by molar-refractivity contribution is 5.91. The van der Waals surface area contributed by atoms with Gasteiger partial charge in [-0.2, -0.15) is 0 Å². The molecule has 1 amide bonds. The van der Waals surface area contributed by atoms with Crippen molar-refractivity contribution in [2.75, 3.05) is 31.6 Å². The molecule has 0 aliphatic carbocycles. The van der Waals surface area contributed by atoms with Gasteiger partial charge in [0.05, 0.1) is 25.4 Å². The summed E-state index contributed by atoms with van der Waals surface area (Å²) >= 11 is 0. The first-order valence-electron chi connectivity index (χ1n) is 8.05. The summed E-state index contributed by atoms with van der Waals surface area (Å²) in [4.78, 5) is 24.9. The molecule has 0 spiro atoms. The Kier molecular flexibility index (Phi) is 6.10. The number of ether oxygens (including phenoxy) is 1. The van der Waals surface area contributed by atoms with Gasteiger partial charge in [0, 0.05) is 0 Å². The molecule has 1 heterocycles. The lowest BCUT2D eigenvalue weighted by molar-refractivity contribution is -0.899. The first kappa shape index (κ1) is 17.4. The normalized spacial score (nSPS) is 20.8. The van der Waals surface area contributed by atoms with Crippen LogP contribution >= 0.6 is 0 Å². The fourth-order valence-corrected chi connectivity index (χ4v) is 2.92. The standard InChI is InChI=1S/C17H23FN2O3/c1-3-23-17(22)13-5-4-8-20(10-13)11-16(21)19-15-7-6-12(2)9-14(15)18/h6-7,9,13H,3-5,8,10-11H2,1-2H3,(H,19,21)/p+1/t13-/m1/s1. The van der Waals surface area contributed by atoms with Crippen LogP contribution in [0.15, 0.2) is 18.2 Å². The number of carbonyl (C=O) groups excluding carboxylic acids is 2.